The Hall–Kier alpha value is -1.11. The molecular weight excluding hydrogens is 276 g/mol. The number of alkyl carbamates (subject to hydrolysis) is 1. The minimum atomic E-state index is -0.519. The van der Waals surface area contributed by atoms with Gasteiger partial charge in [0.25, 0.3) is 0 Å². The average molecular weight is 300 g/mol. The fraction of sp³-hybridized carbons (Fsp3) is 0.643. The van der Waals surface area contributed by atoms with Crippen LogP contribution in [0.25, 0.3) is 0 Å². The van der Waals surface area contributed by atoms with Gasteiger partial charge in [0, 0.05) is 19.1 Å². The maximum absolute atomic E-state index is 11.5. The van der Waals surface area contributed by atoms with Gasteiger partial charge in [0.15, 0.2) is 0 Å². The van der Waals surface area contributed by atoms with Crippen molar-refractivity contribution < 1.29 is 14.6 Å². The second-order valence-corrected chi connectivity index (χ2v) is 6.56. The number of aliphatic hydroxyl groups is 1. The highest BCUT2D eigenvalue weighted by Crippen LogP contribution is 2.14. The summed E-state index contributed by atoms with van der Waals surface area (Å²) in [5.41, 5.74) is 0.419. The number of amides is 1. The van der Waals surface area contributed by atoms with Crippen LogP contribution in [0.1, 0.15) is 39.4 Å². The van der Waals surface area contributed by atoms with Crippen LogP contribution in [0.15, 0.2) is 16.8 Å². The first-order chi connectivity index (χ1) is 9.28. The molecule has 0 aromatic carbocycles. The van der Waals surface area contributed by atoms with Crippen LogP contribution in [0.2, 0.25) is 0 Å². The van der Waals surface area contributed by atoms with Crippen LogP contribution >= 0.6 is 11.3 Å². The van der Waals surface area contributed by atoms with Crippen molar-refractivity contribution in [2.75, 3.05) is 13.1 Å². The molecule has 1 aromatic heterocycles. The summed E-state index contributed by atoms with van der Waals surface area (Å²) in [6.45, 7) is 8.39. The molecule has 0 aliphatic rings. The molecule has 1 rings (SSSR count). The SMILES string of the molecule is C[C@H](CNC[C@@H](O)c1ccsc1)NC(=O)OC(C)(C)C. The molecular formula is C14H24N2O3S. The summed E-state index contributed by atoms with van der Waals surface area (Å²) in [4.78, 5) is 11.5. The zero-order valence-electron chi connectivity index (χ0n) is 12.5. The predicted molar refractivity (Wildman–Crippen MR) is 81.0 cm³/mol. The maximum Gasteiger partial charge on any atom is 0.407 e. The van der Waals surface area contributed by atoms with E-state index in [1.807, 2.05) is 44.5 Å². The first kappa shape index (κ1) is 16.9. The third kappa shape index (κ3) is 6.88. The van der Waals surface area contributed by atoms with Crippen LogP contribution in [0, 0.1) is 0 Å². The molecule has 3 N–H and O–H groups in total. The summed E-state index contributed by atoms with van der Waals surface area (Å²) in [5, 5.41) is 19.6. The van der Waals surface area contributed by atoms with Crippen molar-refractivity contribution >= 4 is 17.4 Å². The Kier molecular flexibility index (Phi) is 6.45. The molecule has 0 fully saturated rings. The zero-order valence-corrected chi connectivity index (χ0v) is 13.3. The van der Waals surface area contributed by atoms with Crippen molar-refractivity contribution in [3.05, 3.63) is 22.4 Å². The minimum absolute atomic E-state index is 0.0699. The van der Waals surface area contributed by atoms with E-state index in [9.17, 15) is 9.90 Å². The minimum Gasteiger partial charge on any atom is -0.444 e. The van der Waals surface area contributed by atoms with E-state index in [-0.39, 0.29) is 6.04 Å². The molecule has 0 unspecified atom stereocenters. The van der Waals surface area contributed by atoms with Gasteiger partial charge in [-0.2, -0.15) is 11.3 Å². The molecule has 114 valence electrons. The van der Waals surface area contributed by atoms with Crippen LogP contribution in [-0.4, -0.2) is 35.9 Å². The Labute approximate surface area is 124 Å². The largest absolute Gasteiger partial charge is 0.444 e. The molecule has 20 heavy (non-hydrogen) atoms. The zero-order chi connectivity index (χ0) is 15.2. The Morgan fingerprint density at radius 2 is 2.15 bits per heavy atom. The fourth-order valence-electron chi connectivity index (χ4n) is 1.58. The summed E-state index contributed by atoms with van der Waals surface area (Å²) in [5.74, 6) is 0. The van der Waals surface area contributed by atoms with E-state index in [0.717, 1.165) is 5.56 Å². The van der Waals surface area contributed by atoms with Crippen molar-refractivity contribution in [2.45, 2.75) is 45.4 Å². The van der Waals surface area contributed by atoms with E-state index < -0.39 is 17.8 Å². The molecule has 1 heterocycles. The number of ether oxygens (including phenoxy) is 1. The highest BCUT2D eigenvalue weighted by Gasteiger charge is 2.17. The van der Waals surface area contributed by atoms with Gasteiger partial charge in [-0.3, -0.25) is 0 Å². The molecule has 0 saturated carbocycles. The van der Waals surface area contributed by atoms with Gasteiger partial charge in [-0.1, -0.05) is 0 Å². The van der Waals surface area contributed by atoms with E-state index in [4.69, 9.17) is 4.74 Å². The normalized spacial score (nSPS) is 14.7. The highest BCUT2D eigenvalue weighted by atomic mass is 32.1. The van der Waals surface area contributed by atoms with E-state index >= 15 is 0 Å². The van der Waals surface area contributed by atoms with Crippen molar-refractivity contribution in [1.29, 1.82) is 0 Å². The highest BCUT2D eigenvalue weighted by molar-refractivity contribution is 7.07. The molecule has 0 aliphatic carbocycles. The average Bonchev–Trinajstić information content (AvgIpc) is 2.78. The number of aliphatic hydroxyl groups excluding tert-OH is 1. The summed E-state index contributed by atoms with van der Waals surface area (Å²) in [6, 6.07) is 1.83. The second kappa shape index (κ2) is 7.61. The van der Waals surface area contributed by atoms with Crippen LogP contribution < -0.4 is 10.6 Å². The number of thiophene rings is 1. The van der Waals surface area contributed by atoms with Gasteiger partial charge in [-0.15, -0.1) is 0 Å². The first-order valence-corrected chi connectivity index (χ1v) is 7.62. The molecule has 0 radical (unpaired) electrons. The predicted octanol–water partition coefficient (Wildman–Crippen LogP) is 2.28. The molecule has 2 atom stereocenters. The molecule has 1 aromatic rings. The first-order valence-electron chi connectivity index (χ1n) is 6.68. The summed E-state index contributed by atoms with van der Waals surface area (Å²) < 4.78 is 5.17. The third-order valence-corrected chi connectivity index (χ3v) is 3.18. The second-order valence-electron chi connectivity index (χ2n) is 5.78. The number of carbonyl (C=O) groups excluding carboxylic acids is 1. The number of hydrogen-bond acceptors (Lipinski definition) is 5. The Morgan fingerprint density at radius 1 is 1.45 bits per heavy atom. The number of nitrogens with one attached hydrogen (secondary N) is 2. The van der Waals surface area contributed by atoms with Gasteiger partial charge >= 0.3 is 6.09 Å². The van der Waals surface area contributed by atoms with Crippen LogP contribution in [0.5, 0.6) is 0 Å². The maximum atomic E-state index is 11.5. The third-order valence-electron chi connectivity index (χ3n) is 2.48. The molecule has 1 amide bonds. The van der Waals surface area contributed by atoms with Gasteiger partial charge in [0.05, 0.1) is 6.10 Å². The van der Waals surface area contributed by atoms with Gasteiger partial charge < -0.3 is 20.5 Å². The van der Waals surface area contributed by atoms with Crippen LogP contribution in [0.3, 0.4) is 0 Å². The van der Waals surface area contributed by atoms with Gasteiger partial charge in [0.2, 0.25) is 0 Å². The van der Waals surface area contributed by atoms with E-state index in [2.05, 4.69) is 10.6 Å². The van der Waals surface area contributed by atoms with Gasteiger partial charge in [-0.05, 0) is 50.1 Å². The van der Waals surface area contributed by atoms with E-state index in [1.54, 1.807) is 11.3 Å². The van der Waals surface area contributed by atoms with Crippen molar-refractivity contribution in [3.8, 4) is 0 Å². The molecule has 5 nitrogen and oxygen atoms in total. The summed E-state index contributed by atoms with van der Waals surface area (Å²) in [7, 11) is 0. The lowest BCUT2D eigenvalue weighted by molar-refractivity contribution is 0.0507. The number of hydrogen-bond donors (Lipinski definition) is 3. The van der Waals surface area contributed by atoms with Crippen LogP contribution in [0.4, 0.5) is 4.79 Å². The monoisotopic (exact) mass is 300 g/mol. The summed E-state index contributed by atoms with van der Waals surface area (Å²) in [6.07, 6.45) is -0.944. The van der Waals surface area contributed by atoms with E-state index in [1.165, 1.54) is 0 Å². The summed E-state index contributed by atoms with van der Waals surface area (Å²) >= 11 is 1.56. The Balaban J connectivity index is 2.20. The van der Waals surface area contributed by atoms with Crippen LogP contribution in [-0.2, 0) is 4.74 Å². The molecule has 0 spiro atoms. The van der Waals surface area contributed by atoms with Gasteiger partial charge in [-0.25, -0.2) is 4.79 Å². The number of rotatable bonds is 6. The lowest BCUT2D eigenvalue weighted by Crippen LogP contribution is -2.43. The quantitative estimate of drug-likeness (QED) is 0.754. The smallest absolute Gasteiger partial charge is 0.407 e. The van der Waals surface area contributed by atoms with E-state index in [0.29, 0.717) is 13.1 Å². The molecule has 6 heteroatoms. The fourth-order valence-corrected chi connectivity index (χ4v) is 2.29. The standard InChI is InChI=1S/C14H24N2O3S/c1-10(16-13(18)19-14(2,3)4)7-15-8-12(17)11-5-6-20-9-11/h5-6,9-10,12,15,17H,7-8H2,1-4H3,(H,16,18)/t10-,12-/m1/s1. The molecule has 0 aliphatic heterocycles. The van der Waals surface area contributed by atoms with Crippen molar-refractivity contribution in [2.24, 2.45) is 0 Å². The number of carbonyl (C=O) groups is 1. The lowest BCUT2D eigenvalue weighted by atomic mass is 10.2. The van der Waals surface area contributed by atoms with Gasteiger partial charge in [0.1, 0.15) is 5.60 Å². The molecule has 0 saturated heterocycles. The topological polar surface area (TPSA) is 70.6 Å². The van der Waals surface area contributed by atoms with Crippen molar-refractivity contribution in [1.82, 2.24) is 10.6 Å². The van der Waals surface area contributed by atoms with Crippen molar-refractivity contribution in [3.63, 3.8) is 0 Å². The Morgan fingerprint density at radius 3 is 2.70 bits per heavy atom. The molecule has 0 bridgehead atoms. The Bertz CT molecular complexity index is 401. The lowest BCUT2D eigenvalue weighted by Gasteiger charge is -2.22.